The van der Waals surface area contributed by atoms with Gasteiger partial charge in [0.05, 0.1) is 60.2 Å². The quantitative estimate of drug-likeness (QED) is 0.0290. The number of carbonyl (C=O) groups is 13. The minimum atomic E-state index is -1.29. The summed E-state index contributed by atoms with van der Waals surface area (Å²) < 4.78 is 17.8. The molecule has 12 atom stereocenters. The summed E-state index contributed by atoms with van der Waals surface area (Å²) in [5.41, 5.74) is 6.11. The van der Waals surface area contributed by atoms with E-state index in [1.54, 1.807) is 91.6 Å². The van der Waals surface area contributed by atoms with E-state index < -0.39 is 150 Å². The number of hydrogen-bond acceptors (Lipinski definition) is 17. The van der Waals surface area contributed by atoms with Gasteiger partial charge in [-0.05, 0) is 97.7 Å². The molecule has 3 aliphatic rings. The molecule has 1 unspecified atom stereocenters. The SMILES string of the molecule is CC[C@H](C)[C@@H]([C@@H](CC(=O)N1CCC[C@H]1C(OC)[C@@H](C)C(=O)N[C@H](C)[C@@H](O)c1ccccc1)OC)N(C)C(=O)[C@@H](NC(=O)[C@H](C(C)C)N(C)C(=O)OCc1ccc(NC(=O)[C@H](CCCNC(N)=O)NC(=O)[C@@H](NC(=O)c2ccc(N3C(=O)C=CC3=O)c(N3C(=O)C=CC3=O)c2)C(C)C)cc1)C(C)C. The van der Waals surface area contributed by atoms with E-state index in [0.29, 0.717) is 41.8 Å². The van der Waals surface area contributed by atoms with Crippen LogP contribution in [0.3, 0.4) is 0 Å². The first-order valence-corrected chi connectivity index (χ1v) is 34.4. The Labute approximate surface area is 595 Å². The van der Waals surface area contributed by atoms with Gasteiger partial charge in [-0.3, -0.25) is 57.6 Å². The number of amides is 14. The summed E-state index contributed by atoms with van der Waals surface area (Å²) >= 11 is 0. The van der Waals surface area contributed by atoms with E-state index in [0.717, 1.165) is 40.2 Å². The Morgan fingerprint density at radius 1 is 0.667 bits per heavy atom. The number of imide groups is 2. The molecule has 0 aliphatic carbocycles. The molecule has 0 bridgehead atoms. The van der Waals surface area contributed by atoms with E-state index in [9.17, 15) is 67.4 Å². The summed E-state index contributed by atoms with van der Waals surface area (Å²) in [5, 5.41) is 27.4. The van der Waals surface area contributed by atoms with Crippen LogP contribution >= 0.6 is 0 Å². The van der Waals surface area contributed by atoms with Gasteiger partial charge in [-0.25, -0.2) is 19.4 Å². The first kappa shape index (κ1) is 81.1. The Balaban J connectivity index is 1.07. The number of likely N-dealkylation sites (tertiary alicyclic amines) is 1. The molecule has 29 nitrogen and oxygen atoms in total. The average molecular weight is 1420 g/mol. The first-order valence-electron chi connectivity index (χ1n) is 34.4. The fourth-order valence-electron chi connectivity index (χ4n) is 13.0. The molecule has 3 heterocycles. The van der Waals surface area contributed by atoms with Crippen LogP contribution in [0.25, 0.3) is 0 Å². The summed E-state index contributed by atoms with van der Waals surface area (Å²) in [6.07, 6.45) is 2.57. The number of aliphatic hydroxyl groups is 1. The van der Waals surface area contributed by atoms with Crippen molar-refractivity contribution in [1.82, 2.24) is 41.3 Å². The van der Waals surface area contributed by atoms with E-state index in [-0.39, 0.29) is 72.8 Å². The number of primary amides is 1. The molecule has 9 N–H and O–H groups in total. The van der Waals surface area contributed by atoms with Crippen molar-refractivity contribution in [1.29, 1.82) is 0 Å². The maximum absolute atomic E-state index is 14.9. The minimum Gasteiger partial charge on any atom is -0.445 e. The predicted octanol–water partition coefficient (Wildman–Crippen LogP) is 4.76. The normalized spacial score (nSPS) is 17.6. The summed E-state index contributed by atoms with van der Waals surface area (Å²) in [4.78, 5) is 182. The highest BCUT2D eigenvalue weighted by atomic mass is 16.6. The molecule has 3 aromatic rings. The third kappa shape index (κ3) is 20.4. The summed E-state index contributed by atoms with van der Waals surface area (Å²) in [6.45, 7) is 17.9. The van der Waals surface area contributed by atoms with Crippen LogP contribution in [0, 0.1) is 29.6 Å². The number of rotatable bonds is 35. The van der Waals surface area contributed by atoms with Crippen LogP contribution in [-0.4, -0.2) is 193 Å². The zero-order valence-electron chi connectivity index (χ0n) is 60.6. The van der Waals surface area contributed by atoms with Gasteiger partial charge < -0.3 is 66.8 Å². The third-order valence-electron chi connectivity index (χ3n) is 18.8. The number of nitrogens with zero attached hydrogens (tertiary/aromatic N) is 5. The van der Waals surface area contributed by atoms with Crippen LogP contribution in [0.4, 0.5) is 26.7 Å². The maximum Gasteiger partial charge on any atom is 0.410 e. The number of ether oxygens (including phenoxy) is 3. The van der Waals surface area contributed by atoms with E-state index in [1.165, 1.54) is 50.4 Å². The molecule has 14 amide bonds. The number of likely N-dealkylation sites (N-methyl/N-ethyl adjacent to an activating group) is 2. The number of nitrogens with two attached hydrogens (primary N) is 1. The first-order chi connectivity index (χ1) is 48.3. The number of anilines is 3. The van der Waals surface area contributed by atoms with Crippen molar-refractivity contribution in [2.24, 2.45) is 35.3 Å². The molecule has 1 saturated heterocycles. The highest BCUT2D eigenvalue weighted by Crippen LogP contribution is 2.36. The number of aliphatic hydroxyl groups excluding tert-OH is 1. The molecule has 554 valence electrons. The lowest BCUT2D eigenvalue weighted by Gasteiger charge is -2.41. The number of carbonyl (C=O) groups excluding carboxylic acids is 13. The highest BCUT2D eigenvalue weighted by Gasteiger charge is 2.45. The Morgan fingerprint density at radius 3 is 1.81 bits per heavy atom. The van der Waals surface area contributed by atoms with E-state index in [1.807, 2.05) is 32.0 Å². The fraction of sp³-hybridized carbons (Fsp3) is 0.521. The second-order valence-corrected chi connectivity index (χ2v) is 27.1. The van der Waals surface area contributed by atoms with Gasteiger partial charge in [0.1, 0.15) is 30.8 Å². The van der Waals surface area contributed by atoms with Crippen LogP contribution in [0.15, 0.2) is 97.1 Å². The lowest BCUT2D eigenvalue weighted by Crippen LogP contribution is -2.60. The summed E-state index contributed by atoms with van der Waals surface area (Å²) in [6, 6.07) is 11.5. The molecule has 29 heteroatoms. The topological polar surface area (TPSA) is 384 Å². The second-order valence-electron chi connectivity index (χ2n) is 27.1. The van der Waals surface area contributed by atoms with Crippen molar-refractivity contribution in [3.63, 3.8) is 0 Å². The molecule has 0 aromatic heterocycles. The number of benzene rings is 3. The smallest absolute Gasteiger partial charge is 0.410 e. The highest BCUT2D eigenvalue weighted by molar-refractivity contribution is 6.33. The van der Waals surface area contributed by atoms with Gasteiger partial charge in [0.15, 0.2) is 0 Å². The van der Waals surface area contributed by atoms with Crippen LogP contribution in [0.2, 0.25) is 0 Å². The van der Waals surface area contributed by atoms with Crippen LogP contribution in [-0.2, 0) is 68.8 Å². The van der Waals surface area contributed by atoms with Gasteiger partial charge >= 0.3 is 12.1 Å². The molecule has 102 heavy (non-hydrogen) atoms. The monoisotopic (exact) mass is 1420 g/mol. The molecular formula is C73H100N12O17. The standard InChI is InChI=1S/C73H100N12O17/c1-15-43(8)63(54(100-13)38-59(90)83-36-20-24-52(83)65(101-14)44(9)66(92)76-45(10)64(91)47-21-17-16-18-22-47)81(11)71(97)61(41(4)5)80-70(96)62(42(6)7)82(12)73(99)102-39-46-25-28-49(29-26-46)77-68(94)50(23-19-35-75-72(74)98)78-69(95)60(40(2)3)79-67(93)48-27-30-51(84-55(86)31-32-56(84)87)53(37-48)85-57(88)33-34-58(85)89/h16-18,21-22,25-34,37,40-45,50,52,54,60-65,91H,15,19-20,23-24,35-36,38-39H2,1-14H3,(H,76,92)(H,77,94)(H,78,95)(H,79,93)(H,80,96)(H3,74,75,98)/t43-,44+,45+,50-,52-,54+,60-,61-,62-,63-,64+,65?/m0/s1. The van der Waals surface area contributed by atoms with Crippen molar-refractivity contribution in [2.75, 3.05) is 56.5 Å². The molecule has 1 fully saturated rings. The zero-order valence-corrected chi connectivity index (χ0v) is 60.6. The van der Waals surface area contributed by atoms with Gasteiger partial charge in [-0.15, -0.1) is 0 Å². The van der Waals surface area contributed by atoms with Crippen molar-refractivity contribution >= 4 is 94.2 Å². The van der Waals surface area contributed by atoms with Crippen LogP contribution in [0.1, 0.15) is 135 Å². The molecule has 0 saturated carbocycles. The fourth-order valence-corrected chi connectivity index (χ4v) is 13.0. The van der Waals surface area contributed by atoms with Gasteiger partial charge in [0.25, 0.3) is 29.5 Å². The third-order valence-corrected chi connectivity index (χ3v) is 18.8. The molecular weight excluding hydrogens is 1320 g/mol. The lowest BCUT2D eigenvalue weighted by molar-refractivity contribution is -0.148. The number of methoxy groups -OCH3 is 2. The number of urea groups is 1. The Bertz CT molecular complexity index is 3570. The Hall–Kier alpha value is -9.87. The predicted molar refractivity (Wildman–Crippen MR) is 378 cm³/mol. The summed E-state index contributed by atoms with van der Waals surface area (Å²) in [7, 11) is 6.02. The lowest BCUT2D eigenvalue weighted by atomic mass is 9.89. The van der Waals surface area contributed by atoms with E-state index in [2.05, 4.69) is 31.9 Å². The van der Waals surface area contributed by atoms with Crippen molar-refractivity contribution < 1.29 is 81.6 Å². The van der Waals surface area contributed by atoms with E-state index >= 15 is 0 Å². The van der Waals surface area contributed by atoms with Gasteiger partial charge in [0.2, 0.25) is 35.4 Å². The van der Waals surface area contributed by atoms with E-state index in [4.69, 9.17) is 19.9 Å². The molecule has 6 rings (SSSR count). The minimum absolute atomic E-state index is 0.0250. The number of hydrogen-bond donors (Lipinski definition) is 8. The number of nitrogens with one attached hydrogen (secondary N) is 6. The average Bonchev–Trinajstić information content (AvgIpc) is 1.54. The van der Waals surface area contributed by atoms with Gasteiger partial charge in [-0.2, -0.15) is 0 Å². The molecule has 0 spiro atoms. The van der Waals surface area contributed by atoms with Crippen molar-refractivity contribution in [2.45, 2.75) is 175 Å². The molecule has 3 aliphatic heterocycles. The zero-order chi connectivity index (χ0) is 75.6. The van der Waals surface area contributed by atoms with Gasteiger partial charge in [0, 0.05) is 77.0 Å². The van der Waals surface area contributed by atoms with Crippen LogP contribution in [0.5, 0.6) is 0 Å². The van der Waals surface area contributed by atoms with Crippen molar-refractivity contribution in [3.8, 4) is 0 Å². The Morgan fingerprint density at radius 2 is 1.26 bits per heavy atom. The van der Waals surface area contributed by atoms with Crippen molar-refractivity contribution in [3.05, 3.63) is 114 Å². The maximum atomic E-state index is 14.9. The Kier molecular flexibility index (Phi) is 29.6. The molecule has 3 aromatic carbocycles. The summed E-state index contributed by atoms with van der Waals surface area (Å²) in [5.74, 6) is -9.48. The van der Waals surface area contributed by atoms with Gasteiger partial charge in [-0.1, -0.05) is 111 Å². The molecule has 0 radical (unpaired) electrons. The van der Waals surface area contributed by atoms with Crippen LogP contribution < -0.4 is 47.4 Å². The largest absolute Gasteiger partial charge is 0.445 e. The second kappa shape index (κ2) is 37.2.